The van der Waals surface area contributed by atoms with Crippen LogP contribution in [0, 0.1) is 6.92 Å². The molecule has 0 atom stereocenters. The zero-order valence-electron chi connectivity index (χ0n) is 10.3. The number of hydrogen-bond donors (Lipinski definition) is 1. The number of aryl methyl sites for hydroxylation is 1. The van der Waals surface area contributed by atoms with Gasteiger partial charge in [0.15, 0.2) is 0 Å². The van der Waals surface area contributed by atoms with Gasteiger partial charge >= 0.3 is 0 Å². The summed E-state index contributed by atoms with van der Waals surface area (Å²) in [6, 6.07) is 5.57. The molecule has 1 aromatic heterocycles. The summed E-state index contributed by atoms with van der Waals surface area (Å²) in [6.07, 6.45) is 0.958. The van der Waals surface area contributed by atoms with Crippen LogP contribution in [0.5, 0.6) is 5.75 Å². The van der Waals surface area contributed by atoms with Crippen LogP contribution in [0.2, 0.25) is 0 Å². The van der Waals surface area contributed by atoms with Crippen molar-refractivity contribution in [3.63, 3.8) is 0 Å². The van der Waals surface area contributed by atoms with Gasteiger partial charge in [0.25, 0.3) is 5.22 Å². The topological polar surface area (TPSA) is 74.2 Å². The van der Waals surface area contributed by atoms with Gasteiger partial charge in [0.05, 0.1) is 6.61 Å². The Morgan fingerprint density at radius 1 is 1.33 bits per heavy atom. The third-order valence-corrected chi connectivity index (χ3v) is 2.90. The highest BCUT2D eigenvalue weighted by molar-refractivity contribution is 7.99. The summed E-state index contributed by atoms with van der Waals surface area (Å²) in [6.45, 7) is 4.49. The Kier molecular flexibility index (Phi) is 4.09. The molecule has 18 heavy (non-hydrogen) atoms. The summed E-state index contributed by atoms with van der Waals surface area (Å²) < 4.78 is 10.9. The van der Waals surface area contributed by atoms with E-state index in [-0.39, 0.29) is 0 Å². The van der Waals surface area contributed by atoms with Crippen molar-refractivity contribution in [1.29, 1.82) is 0 Å². The summed E-state index contributed by atoms with van der Waals surface area (Å²) in [5.74, 6) is 1.31. The predicted octanol–water partition coefficient (Wildman–Crippen LogP) is 2.90. The molecule has 0 fully saturated rings. The Bertz CT molecular complexity index is 528. The van der Waals surface area contributed by atoms with Gasteiger partial charge in [-0.3, -0.25) is 0 Å². The number of nitrogen functional groups attached to an aromatic ring is 1. The zero-order valence-corrected chi connectivity index (χ0v) is 11.2. The van der Waals surface area contributed by atoms with Crippen molar-refractivity contribution in [3.05, 3.63) is 24.1 Å². The second-order valence-electron chi connectivity index (χ2n) is 3.78. The third-order valence-electron chi connectivity index (χ3n) is 2.09. The Hall–Kier alpha value is -1.69. The van der Waals surface area contributed by atoms with Gasteiger partial charge in [-0.15, -0.1) is 10.2 Å². The Morgan fingerprint density at radius 2 is 2.17 bits per heavy atom. The van der Waals surface area contributed by atoms with E-state index in [9.17, 15) is 0 Å². The number of aromatic nitrogens is 2. The molecule has 0 saturated heterocycles. The van der Waals surface area contributed by atoms with Crippen LogP contribution in [0.25, 0.3) is 0 Å². The van der Waals surface area contributed by atoms with Crippen molar-refractivity contribution < 1.29 is 9.15 Å². The number of rotatable bonds is 5. The van der Waals surface area contributed by atoms with Gasteiger partial charge in [-0.05, 0) is 30.3 Å². The number of ether oxygens (including phenoxy) is 1. The minimum atomic E-state index is 0.500. The summed E-state index contributed by atoms with van der Waals surface area (Å²) in [4.78, 5) is 0.921. The van der Waals surface area contributed by atoms with Gasteiger partial charge < -0.3 is 14.9 Å². The van der Waals surface area contributed by atoms with Crippen LogP contribution < -0.4 is 10.5 Å². The molecule has 0 saturated carbocycles. The van der Waals surface area contributed by atoms with E-state index in [0.717, 1.165) is 17.1 Å². The van der Waals surface area contributed by atoms with E-state index in [0.29, 0.717) is 23.4 Å². The predicted molar refractivity (Wildman–Crippen MR) is 69.8 cm³/mol. The van der Waals surface area contributed by atoms with Gasteiger partial charge in [0.1, 0.15) is 5.75 Å². The zero-order chi connectivity index (χ0) is 13.0. The number of nitrogens with two attached hydrogens (primary N) is 1. The van der Waals surface area contributed by atoms with Crippen molar-refractivity contribution in [3.8, 4) is 5.75 Å². The van der Waals surface area contributed by atoms with Crippen LogP contribution in [-0.4, -0.2) is 16.8 Å². The molecule has 0 aliphatic rings. The van der Waals surface area contributed by atoms with Crippen molar-refractivity contribution >= 4 is 17.4 Å². The summed E-state index contributed by atoms with van der Waals surface area (Å²) in [5.41, 5.74) is 6.48. The van der Waals surface area contributed by atoms with E-state index in [4.69, 9.17) is 14.9 Å². The summed E-state index contributed by atoms with van der Waals surface area (Å²) >= 11 is 1.37. The second-order valence-corrected chi connectivity index (χ2v) is 4.80. The molecule has 0 amide bonds. The number of hydrogen-bond acceptors (Lipinski definition) is 6. The normalized spacial score (nSPS) is 10.6. The standard InChI is InChI=1S/C12H15N3O2S/c1-3-4-16-10-5-9(13)6-11(7-10)18-12-15-14-8(2)17-12/h5-7H,3-4,13H2,1-2H3. The molecule has 2 aromatic rings. The molecule has 0 bridgehead atoms. The molecule has 96 valence electrons. The van der Waals surface area contributed by atoms with Crippen molar-refractivity contribution in [2.24, 2.45) is 0 Å². The van der Waals surface area contributed by atoms with Crippen LogP contribution in [0.4, 0.5) is 5.69 Å². The van der Waals surface area contributed by atoms with Crippen LogP contribution in [0.15, 0.2) is 32.7 Å². The largest absolute Gasteiger partial charge is 0.493 e. The van der Waals surface area contributed by atoms with Crippen molar-refractivity contribution in [2.75, 3.05) is 12.3 Å². The average Bonchev–Trinajstić information content (AvgIpc) is 2.71. The van der Waals surface area contributed by atoms with Crippen LogP contribution >= 0.6 is 11.8 Å². The van der Waals surface area contributed by atoms with E-state index >= 15 is 0 Å². The Balaban J connectivity index is 2.14. The lowest BCUT2D eigenvalue weighted by atomic mass is 10.3. The van der Waals surface area contributed by atoms with E-state index in [1.807, 2.05) is 12.1 Å². The number of benzene rings is 1. The first-order valence-corrected chi connectivity index (χ1v) is 6.50. The molecule has 2 rings (SSSR count). The molecular weight excluding hydrogens is 250 g/mol. The molecule has 0 radical (unpaired) electrons. The maximum Gasteiger partial charge on any atom is 0.281 e. The highest BCUT2D eigenvalue weighted by Gasteiger charge is 2.07. The highest BCUT2D eigenvalue weighted by atomic mass is 32.2. The fourth-order valence-corrected chi connectivity index (χ4v) is 2.19. The van der Waals surface area contributed by atoms with Crippen LogP contribution in [-0.2, 0) is 0 Å². The highest BCUT2D eigenvalue weighted by Crippen LogP contribution is 2.31. The number of anilines is 1. The lowest BCUT2D eigenvalue weighted by Crippen LogP contribution is -1.96. The molecule has 0 spiro atoms. The SMILES string of the molecule is CCCOc1cc(N)cc(Sc2nnc(C)o2)c1. The third kappa shape index (κ3) is 3.40. The van der Waals surface area contributed by atoms with Gasteiger partial charge in [-0.25, -0.2) is 0 Å². The second kappa shape index (κ2) is 5.77. The molecule has 0 aliphatic heterocycles. The first kappa shape index (κ1) is 12.8. The lowest BCUT2D eigenvalue weighted by Gasteiger charge is -2.07. The van der Waals surface area contributed by atoms with E-state index in [2.05, 4.69) is 17.1 Å². The molecule has 1 heterocycles. The first-order chi connectivity index (χ1) is 8.67. The molecule has 5 nitrogen and oxygen atoms in total. The minimum Gasteiger partial charge on any atom is -0.493 e. The average molecular weight is 265 g/mol. The van der Waals surface area contributed by atoms with Crippen molar-refractivity contribution in [2.45, 2.75) is 30.4 Å². The Labute approximate surface area is 110 Å². The Morgan fingerprint density at radius 3 is 2.83 bits per heavy atom. The van der Waals surface area contributed by atoms with Crippen LogP contribution in [0.1, 0.15) is 19.2 Å². The maximum atomic E-state index is 5.83. The monoisotopic (exact) mass is 265 g/mol. The van der Waals surface area contributed by atoms with Gasteiger partial charge in [-0.1, -0.05) is 6.92 Å². The number of nitrogens with zero attached hydrogens (tertiary/aromatic N) is 2. The fourth-order valence-electron chi connectivity index (χ4n) is 1.38. The maximum absolute atomic E-state index is 5.83. The lowest BCUT2D eigenvalue weighted by molar-refractivity contribution is 0.317. The van der Waals surface area contributed by atoms with Gasteiger partial charge in [0.2, 0.25) is 5.89 Å². The smallest absolute Gasteiger partial charge is 0.281 e. The summed E-state index contributed by atoms with van der Waals surface area (Å²) in [7, 11) is 0. The summed E-state index contributed by atoms with van der Waals surface area (Å²) in [5, 5.41) is 8.20. The van der Waals surface area contributed by atoms with Gasteiger partial charge in [-0.2, -0.15) is 0 Å². The van der Waals surface area contributed by atoms with Crippen molar-refractivity contribution in [1.82, 2.24) is 10.2 Å². The van der Waals surface area contributed by atoms with Gasteiger partial charge in [0, 0.05) is 23.6 Å². The molecule has 0 unspecified atom stereocenters. The molecule has 0 aliphatic carbocycles. The molecular formula is C12H15N3O2S. The molecule has 6 heteroatoms. The molecule has 2 N–H and O–H groups in total. The van der Waals surface area contributed by atoms with Crippen LogP contribution in [0.3, 0.4) is 0 Å². The molecule has 1 aromatic carbocycles. The first-order valence-electron chi connectivity index (χ1n) is 5.68. The van der Waals surface area contributed by atoms with E-state index < -0.39 is 0 Å². The van der Waals surface area contributed by atoms with E-state index in [1.54, 1.807) is 13.0 Å². The fraction of sp³-hybridized carbons (Fsp3) is 0.333. The van der Waals surface area contributed by atoms with E-state index in [1.165, 1.54) is 11.8 Å². The minimum absolute atomic E-state index is 0.500. The quantitative estimate of drug-likeness (QED) is 0.838.